The third kappa shape index (κ3) is 3.52. The largest absolute Gasteiger partial charge is 0.356 e. The highest BCUT2D eigenvalue weighted by Crippen LogP contribution is 2.45. The van der Waals surface area contributed by atoms with Crippen molar-refractivity contribution in [3.63, 3.8) is 0 Å². The first kappa shape index (κ1) is 22.8. The lowest BCUT2D eigenvalue weighted by Crippen LogP contribution is -2.49. The molecule has 6 rings (SSSR count). The van der Waals surface area contributed by atoms with Crippen molar-refractivity contribution in [1.82, 2.24) is 15.2 Å². The quantitative estimate of drug-likeness (QED) is 0.498. The summed E-state index contributed by atoms with van der Waals surface area (Å²) < 4.78 is 0. The van der Waals surface area contributed by atoms with Crippen LogP contribution in [0.4, 0.5) is 10.5 Å². The van der Waals surface area contributed by atoms with Gasteiger partial charge < -0.3 is 15.2 Å². The number of hydrogen-bond donors (Lipinski definition) is 2. The molecule has 2 aliphatic heterocycles. The monoisotopic (exact) mass is 484 g/mol. The zero-order valence-corrected chi connectivity index (χ0v) is 20.7. The third-order valence-corrected chi connectivity index (χ3v) is 8.27. The minimum Gasteiger partial charge on any atom is -0.356 e. The van der Waals surface area contributed by atoms with Crippen LogP contribution in [0.15, 0.2) is 48.5 Å². The summed E-state index contributed by atoms with van der Waals surface area (Å²) in [6, 6.07) is 14.7. The van der Waals surface area contributed by atoms with Crippen LogP contribution < -0.4 is 10.2 Å². The van der Waals surface area contributed by atoms with E-state index >= 15 is 0 Å². The average Bonchev–Trinajstić information content (AvgIpc) is 3.34. The first-order valence-corrected chi connectivity index (χ1v) is 13.2. The Morgan fingerprint density at radius 1 is 1.00 bits per heavy atom. The van der Waals surface area contributed by atoms with Crippen molar-refractivity contribution < 1.29 is 14.4 Å². The summed E-state index contributed by atoms with van der Waals surface area (Å²) in [6.07, 6.45) is 8.65. The number of carbonyl (C=O) groups excluding carboxylic acids is 3. The summed E-state index contributed by atoms with van der Waals surface area (Å²) in [5.41, 5.74) is 2.65. The smallest absolute Gasteiger partial charge is 0.332 e. The number of aromatic nitrogens is 1. The van der Waals surface area contributed by atoms with Crippen LogP contribution in [-0.2, 0) is 16.8 Å². The van der Waals surface area contributed by atoms with E-state index in [1.807, 2.05) is 25.1 Å². The molecule has 0 spiro atoms. The number of nitrogens with one attached hydrogen (secondary N) is 2. The van der Waals surface area contributed by atoms with Gasteiger partial charge in [0.1, 0.15) is 0 Å². The lowest BCUT2D eigenvalue weighted by atomic mass is 9.87. The van der Waals surface area contributed by atoms with Gasteiger partial charge >= 0.3 is 6.03 Å². The summed E-state index contributed by atoms with van der Waals surface area (Å²) in [7, 11) is 0. The fraction of sp³-hybridized carbons (Fsp3) is 0.414. The molecule has 4 amide bonds. The molecule has 36 heavy (non-hydrogen) atoms. The molecule has 2 fully saturated rings. The first-order chi connectivity index (χ1) is 17.5. The Labute approximate surface area is 210 Å². The summed E-state index contributed by atoms with van der Waals surface area (Å²) in [5.74, 6) is -0.444. The van der Waals surface area contributed by atoms with E-state index in [0.29, 0.717) is 24.2 Å². The highest BCUT2D eigenvalue weighted by molar-refractivity contribution is 6.24. The van der Waals surface area contributed by atoms with E-state index in [4.69, 9.17) is 0 Å². The molecule has 1 aliphatic carbocycles. The number of rotatable bonds is 3. The Hall–Kier alpha value is -3.61. The molecule has 3 aromatic rings. The van der Waals surface area contributed by atoms with Gasteiger partial charge in [-0.05, 0) is 56.0 Å². The van der Waals surface area contributed by atoms with Crippen LogP contribution in [0.3, 0.4) is 0 Å². The number of amides is 4. The van der Waals surface area contributed by atoms with Crippen molar-refractivity contribution in [3.8, 4) is 0 Å². The number of para-hydroxylation sites is 1. The second-order valence-electron chi connectivity index (χ2n) is 10.5. The van der Waals surface area contributed by atoms with E-state index in [1.165, 1.54) is 24.2 Å². The number of benzene rings is 2. The van der Waals surface area contributed by atoms with Crippen LogP contribution in [0.1, 0.15) is 73.5 Å². The van der Waals surface area contributed by atoms with E-state index in [9.17, 15) is 14.4 Å². The molecular formula is C29H32N4O3. The lowest BCUT2D eigenvalue weighted by Gasteiger charge is -2.35. The van der Waals surface area contributed by atoms with Gasteiger partial charge in [0, 0.05) is 29.1 Å². The molecule has 3 heterocycles. The minimum absolute atomic E-state index is 0.150. The van der Waals surface area contributed by atoms with Gasteiger partial charge in [-0.3, -0.25) is 9.59 Å². The third-order valence-electron chi connectivity index (χ3n) is 8.27. The van der Waals surface area contributed by atoms with Crippen molar-refractivity contribution in [1.29, 1.82) is 0 Å². The first-order valence-electron chi connectivity index (χ1n) is 13.2. The highest BCUT2D eigenvalue weighted by Gasteiger charge is 2.59. The van der Waals surface area contributed by atoms with E-state index in [2.05, 4.69) is 16.4 Å². The van der Waals surface area contributed by atoms with Crippen LogP contribution in [-0.4, -0.2) is 40.3 Å². The van der Waals surface area contributed by atoms with Gasteiger partial charge in [-0.2, -0.15) is 0 Å². The van der Waals surface area contributed by atoms with Crippen LogP contribution in [0, 0.1) is 0 Å². The molecule has 186 valence electrons. The highest BCUT2D eigenvalue weighted by atomic mass is 16.2. The Balaban J connectivity index is 1.30. The summed E-state index contributed by atoms with van der Waals surface area (Å²) in [6.45, 7) is 2.29. The second-order valence-corrected chi connectivity index (χ2v) is 10.5. The number of imide groups is 1. The predicted octanol–water partition coefficient (Wildman–Crippen LogP) is 5.25. The number of aromatic amines is 1. The van der Waals surface area contributed by atoms with Gasteiger partial charge in [0.05, 0.1) is 11.4 Å². The SMILES string of the molecule is CC12C(=O)N(c3cccc(C(=O)NC4CCCCCCC4)c3)C(=O)N1CCc1c2[nH]c2ccccc12. The fourth-order valence-electron chi connectivity index (χ4n) is 6.28. The molecular weight excluding hydrogens is 452 g/mol. The number of anilines is 1. The van der Waals surface area contributed by atoms with E-state index in [1.54, 1.807) is 29.2 Å². The van der Waals surface area contributed by atoms with E-state index in [-0.39, 0.29) is 23.9 Å². The maximum atomic E-state index is 13.9. The molecule has 0 bridgehead atoms. The molecule has 1 unspecified atom stereocenters. The number of hydrogen-bond acceptors (Lipinski definition) is 3. The van der Waals surface area contributed by atoms with Gasteiger partial charge in [-0.25, -0.2) is 9.69 Å². The Kier molecular flexibility index (Phi) is 5.58. The second kappa shape index (κ2) is 8.80. The zero-order chi connectivity index (χ0) is 24.9. The average molecular weight is 485 g/mol. The van der Waals surface area contributed by atoms with Crippen LogP contribution >= 0.6 is 0 Å². The van der Waals surface area contributed by atoms with Crippen molar-refractivity contribution in [2.75, 3.05) is 11.4 Å². The van der Waals surface area contributed by atoms with Gasteiger partial charge in [0.15, 0.2) is 5.54 Å². The van der Waals surface area contributed by atoms with Gasteiger partial charge in [0.2, 0.25) is 0 Å². The Morgan fingerprint density at radius 2 is 1.75 bits per heavy atom. The molecule has 1 atom stereocenters. The molecule has 2 N–H and O–H groups in total. The molecule has 1 saturated heterocycles. The predicted molar refractivity (Wildman–Crippen MR) is 139 cm³/mol. The van der Waals surface area contributed by atoms with Crippen molar-refractivity contribution >= 4 is 34.4 Å². The van der Waals surface area contributed by atoms with Crippen LogP contribution in [0.25, 0.3) is 10.9 Å². The molecule has 1 aromatic heterocycles. The number of fused-ring (bicyclic) bond motifs is 5. The molecule has 2 aromatic carbocycles. The van der Waals surface area contributed by atoms with Crippen LogP contribution in [0.5, 0.6) is 0 Å². The number of nitrogens with zero attached hydrogens (tertiary/aromatic N) is 2. The minimum atomic E-state index is -1.11. The number of H-pyrrole nitrogens is 1. The van der Waals surface area contributed by atoms with Gasteiger partial charge in [-0.15, -0.1) is 0 Å². The normalized spacial score (nSPS) is 22.8. The maximum Gasteiger partial charge on any atom is 0.332 e. The Bertz CT molecular complexity index is 1350. The molecule has 0 radical (unpaired) electrons. The molecule has 7 heteroatoms. The van der Waals surface area contributed by atoms with Crippen molar-refractivity contribution in [2.24, 2.45) is 0 Å². The number of carbonyl (C=O) groups is 3. The van der Waals surface area contributed by atoms with Gasteiger partial charge in [0.25, 0.3) is 11.8 Å². The summed E-state index contributed by atoms with van der Waals surface area (Å²) in [4.78, 5) is 46.9. The molecule has 3 aliphatic rings. The topological polar surface area (TPSA) is 85.5 Å². The zero-order valence-electron chi connectivity index (χ0n) is 20.7. The number of urea groups is 1. The van der Waals surface area contributed by atoms with E-state index in [0.717, 1.165) is 47.8 Å². The van der Waals surface area contributed by atoms with Crippen LogP contribution in [0.2, 0.25) is 0 Å². The van der Waals surface area contributed by atoms with Gasteiger partial charge in [-0.1, -0.05) is 56.4 Å². The Morgan fingerprint density at radius 3 is 2.56 bits per heavy atom. The summed E-state index contributed by atoms with van der Waals surface area (Å²) in [5, 5.41) is 4.28. The van der Waals surface area contributed by atoms with Crippen molar-refractivity contribution in [3.05, 3.63) is 65.4 Å². The van der Waals surface area contributed by atoms with Crippen molar-refractivity contribution in [2.45, 2.75) is 69.9 Å². The molecule has 1 saturated carbocycles. The fourth-order valence-corrected chi connectivity index (χ4v) is 6.28. The summed E-state index contributed by atoms with van der Waals surface area (Å²) >= 11 is 0. The molecule has 7 nitrogen and oxygen atoms in total. The maximum absolute atomic E-state index is 13.9. The lowest BCUT2D eigenvalue weighted by molar-refractivity contribution is -0.125. The van der Waals surface area contributed by atoms with E-state index < -0.39 is 5.54 Å². The standard InChI is InChI=1S/C29H32N4O3/c1-29-25-23(22-14-7-8-15-24(22)31-25)16-17-32(29)28(36)33(27(29)35)21-13-9-10-19(18-21)26(34)30-20-11-5-3-2-4-6-12-20/h7-10,13-15,18,20,31H,2-6,11-12,16-17H2,1H3,(H,30,34).